The number of aromatic nitrogens is 4. The zero-order valence-electron chi connectivity index (χ0n) is 16.2. The van der Waals surface area contributed by atoms with Crippen LogP contribution in [0.1, 0.15) is 34.4 Å². The molecule has 7 heteroatoms. The maximum absolute atomic E-state index is 13.3. The molecule has 2 aromatic heterocycles. The maximum Gasteiger partial charge on any atom is 0.345 e. The predicted octanol–water partition coefficient (Wildman–Crippen LogP) is 2.96. The van der Waals surface area contributed by atoms with Gasteiger partial charge < -0.3 is 4.74 Å². The van der Waals surface area contributed by atoms with Crippen molar-refractivity contribution in [2.75, 3.05) is 6.61 Å². The molecule has 4 aromatic rings. The highest BCUT2D eigenvalue weighted by molar-refractivity contribution is 5.90. The van der Waals surface area contributed by atoms with Crippen molar-refractivity contribution in [3.8, 4) is 5.69 Å². The van der Waals surface area contributed by atoms with Crippen molar-refractivity contribution < 1.29 is 9.53 Å². The number of ether oxygens (including phenoxy) is 1. The van der Waals surface area contributed by atoms with E-state index in [9.17, 15) is 9.59 Å². The van der Waals surface area contributed by atoms with Crippen LogP contribution in [0.5, 0.6) is 0 Å². The monoisotopic (exact) mass is 388 g/mol. The zero-order valence-corrected chi connectivity index (χ0v) is 16.2. The van der Waals surface area contributed by atoms with Gasteiger partial charge in [-0.15, -0.1) is 0 Å². The molecule has 2 heterocycles. The number of carbonyl (C=O) groups excluding carboxylic acids is 1. The highest BCUT2D eigenvalue weighted by Gasteiger charge is 2.24. The molecule has 4 rings (SSSR count). The highest BCUT2D eigenvalue weighted by atomic mass is 16.5. The van der Waals surface area contributed by atoms with Crippen LogP contribution in [0.3, 0.4) is 0 Å². The Bertz CT molecular complexity index is 1230. The molecule has 0 amide bonds. The summed E-state index contributed by atoms with van der Waals surface area (Å²) in [5.74, 6) is 0.132. The van der Waals surface area contributed by atoms with E-state index in [1.165, 1.54) is 4.40 Å². The van der Waals surface area contributed by atoms with E-state index in [2.05, 4.69) is 5.10 Å². The van der Waals surface area contributed by atoms with Gasteiger partial charge in [-0.25, -0.2) is 14.2 Å². The molecule has 0 saturated heterocycles. The normalized spacial score (nSPS) is 11.0. The third-order valence-corrected chi connectivity index (χ3v) is 4.59. The first-order valence-corrected chi connectivity index (χ1v) is 9.38. The first kappa shape index (κ1) is 18.6. The fourth-order valence-corrected chi connectivity index (χ4v) is 3.29. The first-order valence-electron chi connectivity index (χ1n) is 9.38. The molecule has 0 aliphatic carbocycles. The van der Waals surface area contributed by atoms with Crippen molar-refractivity contribution >= 4 is 11.7 Å². The number of hydrogen-bond donors (Lipinski definition) is 0. The second-order valence-corrected chi connectivity index (χ2v) is 6.55. The third-order valence-electron chi connectivity index (χ3n) is 4.59. The Hall–Kier alpha value is -3.74. The molecule has 0 fully saturated rings. The summed E-state index contributed by atoms with van der Waals surface area (Å²) >= 11 is 0. The molecule has 0 N–H and O–H groups in total. The molecule has 2 aromatic carbocycles. The van der Waals surface area contributed by atoms with Crippen LogP contribution >= 0.6 is 0 Å². The number of rotatable bonds is 5. The molecular weight excluding hydrogens is 368 g/mol. The van der Waals surface area contributed by atoms with Gasteiger partial charge in [0.15, 0.2) is 0 Å². The fraction of sp³-hybridized carbons (Fsp3) is 0.182. The third kappa shape index (κ3) is 3.42. The number of carbonyl (C=O) groups is 1. The summed E-state index contributed by atoms with van der Waals surface area (Å²) in [6.07, 6.45) is 0.333. The summed E-state index contributed by atoms with van der Waals surface area (Å²) < 4.78 is 8.11. The van der Waals surface area contributed by atoms with Gasteiger partial charge in [-0.2, -0.15) is 9.78 Å². The Kier molecular flexibility index (Phi) is 4.95. The summed E-state index contributed by atoms with van der Waals surface area (Å²) in [5.41, 5.74) is 1.57. The molecule has 0 atom stereocenters. The molecule has 7 nitrogen and oxygen atoms in total. The van der Waals surface area contributed by atoms with Crippen molar-refractivity contribution in [1.29, 1.82) is 0 Å². The second-order valence-electron chi connectivity index (χ2n) is 6.55. The van der Waals surface area contributed by atoms with E-state index in [0.29, 0.717) is 23.7 Å². The Morgan fingerprint density at radius 2 is 1.69 bits per heavy atom. The Morgan fingerprint density at radius 1 is 1.03 bits per heavy atom. The van der Waals surface area contributed by atoms with Gasteiger partial charge in [0.25, 0.3) is 5.56 Å². The molecule has 0 bridgehead atoms. The minimum absolute atomic E-state index is 0.0519. The molecule has 0 aliphatic heterocycles. The van der Waals surface area contributed by atoms with Gasteiger partial charge in [0.2, 0.25) is 5.78 Å². The van der Waals surface area contributed by atoms with Crippen molar-refractivity contribution in [1.82, 2.24) is 19.2 Å². The summed E-state index contributed by atoms with van der Waals surface area (Å²) in [7, 11) is 0. The van der Waals surface area contributed by atoms with Crippen LogP contribution in [0.15, 0.2) is 65.5 Å². The predicted molar refractivity (Wildman–Crippen MR) is 109 cm³/mol. The van der Waals surface area contributed by atoms with E-state index in [1.807, 2.05) is 60.7 Å². The van der Waals surface area contributed by atoms with Gasteiger partial charge in [0.1, 0.15) is 11.4 Å². The van der Waals surface area contributed by atoms with Gasteiger partial charge in [-0.1, -0.05) is 48.5 Å². The van der Waals surface area contributed by atoms with Crippen molar-refractivity contribution in [3.63, 3.8) is 0 Å². The van der Waals surface area contributed by atoms with E-state index < -0.39 is 11.5 Å². The molecular formula is C22H20N4O3. The van der Waals surface area contributed by atoms with Crippen molar-refractivity contribution in [2.24, 2.45) is 0 Å². The molecule has 29 heavy (non-hydrogen) atoms. The van der Waals surface area contributed by atoms with Crippen molar-refractivity contribution in [3.05, 3.63) is 93.7 Å². The molecule has 0 radical (unpaired) electrons. The lowest BCUT2D eigenvalue weighted by Gasteiger charge is -2.10. The average molecular weight is 388 g/mol. The van der Waals surface area contributed by atoms with Crippen LogP contribution in [0.25, 0.3) is 11.5 Å². The largest absolute Gasteiger partial charge is 0.462 e. The minimum Gasteiger partial charge on any atom is -0.462 e. The van der Waals surface area contributed by atoms with E-state index in [1.54, 1.807) is 18.5 Å². The van der Waals surface area contributed by atoms with E-state index in [-0.39, 0.29) is 12.2 Å². The number of aryl methyl sites for hydroxylation is 1. The Balaban J connectivity index is 1.99. The molecule has 0 saturated carbocycles. The van der Waals surface area contributed by atoms with Crippen LogP contribution < -0.4 is 5.56 Å². The highest BCUT2D eigenvalue weighted by Crippen LogP contribution is 2.16. The summed E-state index contributed by atoms with van der Waals surface area (Å²) in [4.78, 5) is 30.6. The lowest BCUT2D eigenvalue weighted by molar-refractivity contribution is 0.0522. The topological polar surface area (TPSA) is 78.5 Å². The average Bonchev–Trinajstić information content (AvgIpc) is 3.06. The van der Waals surface area contributed by atoms with Crippen LogP contribution in [0, 0.1) is 6.92 Å². The standard InChI is InChI=1S/C22H20N4O3/c1-3-29-21(28)19-18(14-16-10-6-4-7-11-16)23-22-25(20(19)27)15(2)24-26(22)17-12-8-5-9-13-17/h4-13H,3,14H2,1-2H3. The van der Waals surface area contributed by atoms with Crippen LogP contribution in [-0.4, -0.2) is 31.7 Å². The fourth-order valence-electron chi connectivity index (χ4n) is 3.29. The van der Waals surface area contributed by atoms with Gasteiger partial charge >= 0.3 is 5.97 Å². The quantitative estimate of drug-likeness (QED) is 0.491. The first-order chi connectivity index (χ1) is 14.1. The summed E-state index contributed by atoms with van der Waals surface area (Å²) in [5, 5.41) is 4.48. The second kappa shape index (κ2) is 7.71. The van der Waals surface area contributed by atoms with Gasteiger partial charge in [0, 0.05) is 6.42 Å². The lowest BCUT2D eigenvalue weighted by atomic mass is 10.1. The summed E-state index contributed by atoms with van der Waals surface area (Å²) in [6.45, 7) is 3.59. The van der Waals surface area contributed by atoms with Crippen LogP contribution in [-0.2, 0) is 11.2 Å². The zero-order chi connectivity index (χ0) is 20.4. The van der Waals surface area contributed by atoms with Crippen molar-refractivity contribution in [2.45, 2.75) is 20.3 Å². The van der Waals surface area contributed by atoms with E-state index in [4.69, 9.17) is 9.72 Å². The smallest absolute Gasteiger partial charge is 0.345 e. The molecule has 0 spiro atoms. The molecule has 0 unspecified atom stereocenters. The number of para-hydroxylation sites is 1. The SMILES string of the molecule is CCOC(=O)c1c(Cc2ccccc2)nc2n(-c3ccccc3)nc(C)n2c1=O. The van der Waals surface area contributed by atoms with Gasteiger partial charge in [0.05, 0.1) is 18.0 Å². The number of esters is 1. The van der Waals surface area contributed by atoms with E-state index in [0.717, 1.165) is 11.3 Å². The number of benzene rings is 2. The minimum atomic E-state index is -0.669. The number of fused-ring (bicyclic) bond motifs is 1. The van der Waals surface area contributed by atoms with Crippen LogP contribution in [0.4, 0.5) is 0 Å². The number of nitrogens with zero attached hydrogens (tertiary/aromatic N) is 4. The molecule has 146 valence electrons. The van der Waals surface area contributed by atoms with Crippen LogP contribution in [0.2, 0.25) is 0 Å². The Morgan fingerprint density at radius 3 is 2.34 bits per heavy atom. The maximum atomic E-state index is 13.3. The van der Waals surface area contributed by atoms with Gasteiger partial charge in [-0.05, 0) is 31.5 Å². The summed E-state index contributed by atoms with van der Waals surface area (Å²) in [6, 6.07) is 19.0. The molecule has 0 aliphatic rings. The Labute approximate surface area is 167 Å². The van der Waals surface area contributed by atoms with E-state index >= 15 is 0 Å². The van der Waals surface area contributed by atoms with Gasteiger partial charge in [-0.3, -0.25) is 4.79 Å². The lowest BCUT2D eigenvalue weighted by Crippen LogP contribution is -2.28. The number of hydrogen-bond acceptors (Lipinski definition) is 5.